The van der Waals surface area contributed by atoms with E-state index < -0.39 is 0 Å². The van der Waals surface area contributed by atoms with Crippen molar-refractivity contribution in [2.75, 3.05) is 6.54 Å². The van der Waals surface area contributed by atoms with Crippen molar-refractivity contribution in [1.82, 2.24) is 0 Å². The minimum atomic E-state index is -0.0843. The molecule has 0 heterocycles. The highest BCUT2D eigenvalue weighted by atomic mass is 19.1. The number of rotatable bonds is 4. The maximum atomic E-state index is 13.5. The average Bonchev–Trinajstić information content (AvgIpc) is 2.81. The Labute approximate surface area is 96.9 Å². The van der Waals surface area contributed by atoms with E-state index in [4.69, 9.17) is 5.73 Å². The van der Waals surface area contributed by atoms with Gasteiger partial charge in [0.25, 0.3) is 0 Å². The number of benzene rings is 1. The molecule has 0 spiro atoms. The quantitative estimate of drug-likeness (QED) is 0.830. The highest BCUT2D eigenvalue weighted by Crippen LogP contribution is 2.33. The molecule has 2 rings (SSSR count). The van der Waals surface area contributed by atoms with Gasteiger partial charge in [-0.25, -0.2) is 4.39 Å². The minimum Gasteiger partial charge on any atom is -0.330 e. The first-order valence-corrected chi connectivity index (χ1v) is 6.24. The summed E-state index contributed by atoms with van der Waals surface area (Å²) in [5.74, 6) is 1.09. The van der Waals surface area contributed by atoms with E-state index in [1.165, 1.54) is 31.7 Å². The normalized spacial score (nSPS) is 18.9. The van der Waals surface area contributed by atoms with Gasteiger partial charge < -0.3 is 5.73 Å². The van der Waals surface area contributed by atoms with Crippen LogP contribution in [0, 0.1) is 17.7 Å². The molecule has 0 bridgehead atoms. The highest BCUT2D eigenvalue weighted by Gasteiger charge is 2.24. The molecule has 0 amide bonds. The monoisotopic (exact) mass is 221 g/mol. The fourth-order valence-electron chi connectivity index (χ4n) is 2.82. The minimum absolute atomic E-state index is 0.0843. The molecular weight excluding hydrogens is 201 g/mol. The first-order chi connectivity index (χ1) is 7.81. The Hall–Kier alpha value is -0.890. The van der Waals surface area contributed by atoms with Crippen LogP contribution in [0.4, 0.5) is 4.39 Å². The van der Waals surface area contributed by atoms with Gasteiger partial charge in [0.1, 0.15) is 5.82 Å². The van der Waals surface area contributed by atoms with E-state index in [-0.39, 0.29) is 5.82 Å². The zero-order valence-electron chi connectivity index (χ0n) is 9.66. The Morgan fingerprint density at radius 3 is 2.56 bits per heavy atom. The molecule has 1 aliphatic carbocycles. The molecule has 1 aromatic rings. The molecule has 1 saturated carbocycles. The van der Waals surface area contributed by atoms with E-state index in [1.54, 1.807) is 6.07 Å². The van der Waals surface area contributed by atoms with Crippen molar-refractivity contribution in [2.45, 2.75) is 32.1 Å². The van der Waals surface area contributed by atoms with Crippen molar-refractivity contribution >= 4 is 0 Å². The molecule has 0 aromatic heterocycles. The fraction of sp³-hybridized carbons (Fsp3) is 0.571. The van der Waals surface area contributed by atoms with Crippen molar-refractivity contribution < 1.29 is 4.39 Å². The van der Waals surface area contributed by atoms with Crippen molar-refractivity contribution in [1.29, 1.82) is 0 Å². The lowest BCUT2D eigenvalue weighted by Crippen LogP contribution is -2.24. The summed E-state index contributed by atoms with van der Waals surface area (Å²) < 4.78 is 13.5. The topological polar surface area (TPSA) is 26.0 Å². The Morgan fingerprint density at radius 1 is 1.25 bits per heavy atom. The lowest BCUT2D eigenvalue weighted by Gasteiger charge is -2.21. The van der Waals surface area contributed by atoms with E-state index in [1.807, 2.05) is 12.1 Å². The summed E-state index contributed by atoms with van der Waals surface area (Å²) in [7, 11) is 0. The predicted molar refractivity (Wildman–Crippen MR) is 64.6 cm³/mol. The molecule has 1 aliphatic rings. The lowest BCUT2D eigenvalue weighted by molar-refractivity contribution is 0.341. The second-order valence-corrected chi connectivity index (χ2v) is 4.84. The second kappa shape index (κ2) is 5.44. The van der Waals surface area contributed by atoms with E-state index in [2.05, 4.69) is 0 Å². The number of nitrogens with two attached hydrogens (primary N) is 1. The Kier molecular flexibility index (Phi) is 3.94. The molecule has 1 atom stereocenters. The molecule has 1 unspecified atom stereocenters. The van der Waals surface area contributed by atoms with Crippen molar-refractivity contribution in [3.63, 3.8) is 0 Å². The lowest BCUT2D eigenvalue weighted by atomic mass is 9.85. The van der Waals surface area contributed by atoms with Crippen molar-refractivity contribution in [3.8, 4) is 0 Å². The van der Waals surface area contributed by atoms with Crippen LogP contribution < -0.4 is 5.73 Å². The molecule has 2 heteroatoms. The van der Waals surface area contributed by atoms with Crippen LogP contribution in [0.1, 0.15) is 31.2 Å². The fourth-order valence-corrected chi connectivity index (χ4v) is 2.82. The summed E-state index contributed by atoms with van der Waals surface area (Å²) in [6.07, 6.45) is 5.98. The number of hydrogen-bond donors (Lipinski definition) is 1. The van der Waals surface area contributed by atoms with E-state index in [0.29, 0.717) is 18.4 Å². The SMILES string of the molecule is NCC(Cc1ccccc1F)C1CCCC1. The third-order valence-corrected chi connectivity index (χ3v) is 3.81. The number of halogens is 1. The molecular formula is C14H20FN. The molecule has 16 heavy (non-hydrogen) atoms. The van der Waals surface area contributed by atoms with Gasteiger partial charge in [-0.15, -0.1) is 0 Å². The van der Waals surface area contributed by atoms with Gasteiger partial charge in [-0.1, -0.05) is 43.9 Å². The van der Waals surface area contributed by atoms with Crippen molar-refractivity contribution in [3.05, 3.63) is 35.6 Å². The molecule has 1 nitrogen and oxygen atoms in total. The molecule has 1 fully saturated rings. The Bertz CT molecular complexity index is 331. The zero-order chi connectivity index (χ0) is 11.4. The summed E-state index contributed by atoms with van der Waals surface area (Å²) in [5, 5.41) is 0. The van der Waals surface area contributed by atoms with E-state index in [9.17, 15) is 4.39 Å². The molecule has 88 valence electrons. The van der Waals surface area contributed by atoms with Crippen LogP contribution in [-0.4, -0.2) is 6.54 Å². The maximum absolute atomic E-state index is 13.5. The summed E-state index contributed by atoms with van der Waals surface area (Å²) in [4.78, 5) is 0. The van der Waals surface area contributed by atoms with Crippen LogP contribution in [0.3, 0.4) is 0 Å². The third-order valence-electron chi connectivity index (χ3n) is 3.81. The van der Waals surface area contributed by atoms with Crippen LogP contribution in [-0.2, 0) is 6.42 Å². The van der Waals surface area contributed by atoms with Crippen LogP contribution in [0.2, 0.25) is 0 Å². The third kappa shape index (κ3) is 2.62. The Morgan fingerprint density at radius 2 is 1.94 bits per heavy atom. The van der Waals surface area contributed by atoms with Crippen molar-refractivity contribution in [2.24, 2.45) is 17.6 Å². The highest BCUT2D eigenvalue weighted by molar-refractivity contribution is 5.18. The predicted octanol–water partition coefficient (Wildman–Crippen LogP) is 3.13. The zero-order valence-corrected chi connectivity index (χ0v) is 9.66. The van der Waals surface area contributed by atoms with Crippen LogP contribution >= 0.6 is 0 Å². The molecule has 1 aromatic carbocycles. The van der Waals surface area contributed by atoms with Gasteiger partial charge in [-0.2, -0.15) is 0 Å². The average molecular weight is 221 g/mol. The second-order valence-electron chi connectivity index (χ2n) is 4.84. The van der Waals surface area contributed by atoms with E-state index >= 15 is 0 Å². The van der Waals surface area contributed by atoms with Crippen LogP contribution in [0.15, 0.2) is 24.3 Å². The largest absolute Gasteiger partial charge is 0.330 e. The summed E-state index contributed by atoms with van der Waals surface area (Å²) in [5.41, 5.74) is 6.65. The number of hydrogen-bond acceptors (Lipinski definition) is 1. The summed E-state index contributed by atoms with van der Waals surface area (Å²) >= 11 is 0. The molecule has 0 aliphatic heterocycles. The molecule has 2 N–H and O–H groups in total. The standard InChI is InChI=1S/C14H20FN/c15-14-8-4-3-7-12(14)9-13(10-16)11-5-1-2-6-11/h3-4,7-8,11,13H,1-2,5-6,9-10,16H2. The molecule has 0 radical (unpaired) electrons. The summed E-state index contributed by atoms with van der Waals surface area (Å²) in [6.45, 7) is 0.680. The van der Waals surface area contributed by atoms with Gasteiger partial charge in [0.05, 0.1) is 0 Å². The Balaban J connectivity index is 2.03. The summed E-state index contributed by atoms with van der Waals surface area (Å²) in [6, 6.07) is 7.07. The van der Waals surface area contributed by atoms with Gasteiger partial charge in [0.2, 0.25) is 0 Å². The van der Waals surface area contributed by atoms with Gasteiger partial charge in [-0.3, -0.25) is 0 Å². The van der Waals surface area contributed by atoms with E-state index in [0.717, 1.165) is 12.0 Å². The van der Waals surface area contributed by atoms with Gasteiger partial charge in [-0.05, 0) is 36.4 Å². The van der Waals surface area contributed by atoms with Gasteiger partial charge in [0.15, 0.2) is 0 Å². The first kappa shape index (κ1) is 11.6. The smallest absolute Gasteiger partial charge is 0.126 e. The van der Waals surface area contributed by atoms with Gasteiger partial charge in [0, 0.05) is 0 Å². The molecule has 0 saturated heterocycles. The maximum Gasteiger partial charge on any atom is 0.126 e. The van der Waals surface area contributed by atoms with Crippen LogP contribution in [0.5, 0.6) is 0 Å². The van der Waals surface area contributed by atoms with Crippen LogP contribution in [0.25, 0.3) is 0 Å². The van der Waals surface area contributed by atoms with Gasteiger partial charge >= 0.3 is 0 Å². The first-order valence-electron chi connectivity index (χ1n) is 6.24.